The summed E-state index contributed by atoms with van der Waals surface area (Å²) >= 11 is 0. The first-order chi connectivity index (χ1) is 9.30. The molecule has 0 aromatic carbocycles. The number of hydrogen-bond acceptors (Lipinski definition) is 6. The number of aromatic nitrogens is 2. The number of nitrogens with zero attached hydrogens (tertiary/aromatic N) is 3. The number of ether oxygens (including phenoxy) is 2. The van der Waals surface area contributed by atoms with Crippen molar-refractivity contribution in [3.63, 3.8) is 0 Å². The molecule has 6 nitrogen and oxygen atoms in total. The van der Waals surface area contributed by atoms with Crippen molar-refractivity contribution in [3.05, 3.63) is 36.2 Å². The molecule has 0 amide bonds. The Bertz CT molecular complexity index is 585. The Hall–Kier alpha value is -2.63. The second kappa shape index (κ2) is 5.81. The summed E-state index contributed by atoms with van der Waals surface area (Å²) in [5, 5.41) is 11.7. The van der Waals surface area contributed by atoms with Gasteiger partial charge in [0.05, 0.1) is 31.8 Å². The molecule has 2 rings (SSSR count). The van der Waals surface area contributed by atoms with Gasteiger partial charge in [-0.25, -0.2) is 4.98 Å². The average molecular weight is 259 g/mol. The predicted octanol–water partition coefficient (Wildman–Crippen LogP) is 1.97. The molecule has 0 spiro atoms. The van der Waals surface area contributed by atoms with Crippen molar-refractivity contribution < 1.29 is 14.7 Å². The molecule has 0 aliphatic heterocycles. The van der Waals surface area contributed by atoms with Gasteiger partial charge >= 0.3 is 0 Å². The van der Waals surface area contributed by atoms with Crippen LogP contribution >= 0.6 is 0 Å². The summed E-state index contributed by atoms with van der Waals surface area (Å²) in [7, 11) is 3.02. The van der Waals surface area contributed by atoms with E-state index in [0.29, 0.717) is 28.6 Å². The van der Waals surface area contributed by atoms with Crippen molar-refractivity contribution in [3.8, 4) is 22.9 Å². The fourth-order valence-corrected chi connectivity index (χ4v) is 1.67. The summed E-state index contributed by atoms with van der Waals surface area (Å²) in [5.74, 6) is 0.896. The van der Waals surface area contributed by atoms with Gasteiger partial charge in [0, 0.05) is 12.3 Å². The predicted molar refractivity (Wildman–Crippen MR) is 70.0 cm³/mol. The molecule has 98 valence electrons. The Morgan fingerprint density at radius 2 is 2.05 bits per heavy atom. The van der Waals surface area contributed by atoms with Crippen LogP contribution < -0.4 is 9.47 Å². The van der Waals surface area contributed by atoms with Crippen LogP contribution in [0, 0.1) is 0 Å². The van der Waals surface area contributed by atoms with E-state index in [4.69, 9.17) is 14.7 Å². The van der Waals surface area contributed by atoms with E-state index in [2.05, 4.69) is 15.1 Å². The minimum absolute atomic E-state index is 0.366. The van der Waals surface area contributed by atoms with Crippen LogP contribution in [0.5, 0.6) is 11.5 Å². The van der Waals surface area contributed by atoms with Gasteiger partial charge in [0.2, 0.25) is 0 Å². The van der Waals surface area contributed by atoms with E-state index in [1.165, 1.54) is 20.4 Å². The molecule has 0 radical (unpaired) electrons. The second-order valence-electron chi connectivity index (χ2n) is 3.59. The molecule has 0 bridgehead atoms. The number of rotatable bonds is 4. The first-order valence-electron chi connectivity index (χ1n) is 5.52. The zero-order chi connectivity index (χ0) is 13.7. The topological polar surface area (TPSA) is 76.8 Å². The fraction of sp³-hybridized carbons (Fsp3) is 0.154. The van der Waals surface area contributed by atoms with Crippen LogP contribution in [0.3, 0.4) is 0 Å². The standard InChI is InChI=1S/C13H13N3O3/c1-18-12-7-10(9-5-3-4-6-14-9)16-11(8-15-17)13(12)19-2/h3-8,17H,1-2H3. The number of pyridine rings is 2. The summed E-state index contributed by atoms with van der Waals surface area (Å²) in [6.07, 6.45) is 2.86. The molecule has 0 aliphatic rings. The zero-order valence-corrected chi connectivity index (χ0v) is 10.6. The van der Waals surface area contributed by atoms with Crippen LogP contribution in [0.15, 0.2) is 35.6 Å². The SMILES string of the molecule is COc1cc(-c2ccccn2)nc(C=NO)c1OC. The van der Waals surface area contributed by atoms with Crippen molar-refractivity contribution in [2.75, 3.05) is 14.2 Å². The third-order valence-electron chi connectivity index (χ3n) is 2.50. The minimum atomic E-state index is 0.366. The summed E-state index contributed by atoms with van der Waals surface area (Å²) in [6.45, 7) is 0. The lowest BCUT2D eigenvalue weighted by Crippen LogP contribution is -2.01. The maximum Gasteiger partial charge on any atom is 0.188 e. The highest BCUT2D eigenvalue weighted by molar-refractivity contribution is 5.83. The van der Waals surface area contributed by atoms with Gasteiger partial charge in [-0.15, -0.1) is 0 Å². The molecule has 2 aromatic rings. The van der Waals surface area contributed by atoms with Crippen LogP contribution in [0.4, 0.5) is 0 Å². The van der Waals surface area contributed by atoms with Gasteiger partial charge in [0.15, 0.2) is 11.5 Å². The zero-order valence-electron chi connectivity index (χ0n) is 10.6. The highest BCUT2D eigenvalue weighted by atomic mass is 16.5. The number of methoxy groups -OCH3 is 2. The van der Waals surface area contributed by atoms with E-state index in [0.717, 1.165) is 0 Å². The second-order valence-corrected chi connectivity index (χ2v) is 3.59. The Kier molecular flexibility index (Phi) is 3.92. The van der Waals surface area contributed by atoms with Gasteiger partial charge in [0.25, 0.3) is 0 Å². The molecule has 0 unspecified atom stereocenters. The third-order valence-corrected chi connectivity index (χ3v) is 2.50. The van der Waals surface area contributed by atoms with Gasteiger partial charge in [0.1, 0.15) is 5.69 Å². The monoisotopic (exact) mass is 259 g/mol. The van der Waals surface area contributed by atoms with Crippen molar-refractivity contribution in [1.82, 2.24) is 9.97 Å². The normalized spacial score (nSPS) is 10.6. The van der Waals surface area contributed by atoms with E-state index in [1.54, 1.807) is 12.3 Å². The van der Waals surface area contributed by atoms with Gasteiger partial charge in [-0.05, 0) is 12.1 Å². The van der Waals surface area contributed by atoms with Gasteiger partial charge in [-0.3, -0.25) is 4.98 Å². The molecule has 2 aromatic heterocycles. The largest absolute Gasteiger partial charge is 0.493 e. The van der Waals surface area contributed by atoms with Gasteiger partial charge in [-0.1, -0.05) is 11.2 Å². The van der Waals surface area contributed by atoms with Crippen LogP contribution in [-0.4, -0.2) is 35.6 Å². The Morgan fingerprint density at radius 3 is 2.63 bits per heavy atom. The summed E-state index contributed by atoms with van der Waals surface area (Å²) < 4.78 is 10.4. The van der Waals surface area contributed by atoms with Crippen LogP contribution in [0.1, 0.15) is 5.69 Å². The molecule has 6 heteroatoms. The Labute approximate surface area is 110 Å². The highest BCUT2D eigenvalue weighted by Gasteiger charge is 2.14. The fourth-order valence-electron chi connectivity index (χ4n) is 1.67. The third kappa shape index (κ3) is 2.62. The van der Waals surface area contributed by atoms with Gasteiger partial charge in [-0.2, -0.15) is 0 Å². The molecule has 0 fully saturated rings. The molecular weight excluding hydrogens is 246 g/mol. The van der Waals surface area contributed by atoms with Crippen LogP contribution in [-0.2, 0) is 0 Å². The van der Waals surface area contributed by atoms with Gasteiger partial charge < -0.3 is 14.7 Å². The Morgan fingerprint density at radius 1 is 1.21 bits per heavy atom. The molecule has 1 N–H and O–H groups in total. The van der Waals surface area contributed by atoms with Crippen LogP contribution in [0.25, 0.3) is 11.4 Å². The molecule has 0 aliphatic carbocycles. The van der Waals surface area contributed by atoms with E-state index >= 15 is 0 Å². The van der Waals surface area contributed by atoms with E-state index < -0.39 is 0 Å². The minimum Gasteiger partial charge on any atom is -0.493 e. The number of oxime groups is 1. The quantitative estimate of drug-likeness (QED) is 0.516. The summed E-state index contributed by atoms with van der Waals surface area (Å²) in [6, 6.07) is 7.23. The highest BCUT2D eigenvalue weighted by Crippen LogP contribution is 2.32. The lowest BCUT2D eigenvalue weighted by atomic mass is 10.2. The molecule has 19 heavy (non-hydrogen) atoms. The first-order valence-corrected chi connectivity index (χ1v) is 5.52. The van der Waals surface area contributed by atoms with Crippen molar-refractivity contribution in [2.24, 2.45) is 5.16 Å². The summed E-state index contributed by atoms with van der Waals surface area (Å²) in [4.78, 5) is 8.55. The first kappa shape index (κ1) is 12.8. The maximum atomic E-state index is 8.68. The van der Waals surface area contributed by atoms with Crippen LogP contribution in [0.2, 0.25) is 0 Å². The summed E-state index contributed by atoms with van der Waals surface area (Å²) in [5.41, 5.74) is 1.66. The number of hydrogen-bond donors (Lipinski definition) is 1. The Balaban J connectivity index is 2.61. The molecule has 2 heterocycles. The van der Waals surface area contributed by atoms with Crippen molar-refractivity contribution in [1.29, 1.82) is 0 Å². The maximum absolute atomic E-state index is 8.68. The molecule has 0 saturated heterocycles. The van der Waals surface area contributed by atoms with E-state index in [-0.39, 0.29) is 0 Å². The molecular formula is C13H13N3O3. The van der Waals surface area contributed by atoms with Crippen molar-refractivity contribution in [2.45, 2.75) is 0 Å². The van der Waals surface area contributed by atoms with Crippen molar-refractivity contribution >= 4 is 6.21 Å². The lowest BCUT2D eigenvalue weighted by Gasteiger charge is -2.11. The lowest BCUT2D eigenvalue weighted by molar-refractivity contribution is 0.320. The van der Waals surface area contributed by atoms with E-state index in [1.807, 2.05) is 18.2 Å². The van der Waals surface area contributed by atoms with E-state index in [9.17, 15) is 0 Å². The smallest absolute Gasteiger partial charge is 0.188 e. The molecule has 0 atom stereocenters. The molecule has 0 saturated carbocycles. The average Bonchev–Trinajstić information content (AvgIpc) is 2.47.